The second-order valence-electron chi connectivity index (χ2n) is 6.78. The Labute approximate surface area is 162 Å². The number of thiophene rings is 1. The second-order valence-corrected chi connectivity index (χ2v) is 10.6. The normalized spacial score (nSPS) is 17.5. The van der Waals surface area contributed by atoms with Gasteiger partial charge in [-0.25, -0.2) is 8.42 Å². The number of carbonyl (C=O) groups is 1. The molecule has 0 atom stereocenters. The highest BCUT2D eigenvalue weighted by molar-refractivity contribution is 7.91. The molecule has 1 aromatic carbocycles. The molecule has 2 fully saturated rings. The molecule has 2 saturated carbocycles. The number of amides is 1. The average Bonchev–Trinajstić information content (AvgIpc) is 3.54. The topological polar surface area (TPSA) is 66.5 Å². The third-order valence-corrected chi connectivity index (χ3v) is 8.13. The first-order chi connectivity index (χ1) is 12.4. The van der Waals surface area contributed by atoms with Gasteiger partial charge in [-0.05, 0) is 55.5 Å². The largest absolute Gasteiger partial charge is 0.349 e. The van der Waals surface area contributed by atoms with Crippen LogP contribution in [0.1, 0.15) is 41.6 Å². The lowest BCUT2D eigenvalue weighted by molar-refractivity contribution is 0.0951. The summed E-state index contributed by atoms with van der Waals surface area (Å²) in [6.45, 7) is 0.299. The van der Waals surface area contributed by atoms with E-state index in [1.807, 2.05) is 12.1 Å². The molecular formula is C18H19ClN2O3S2. The van der Waals surface area contributed by atoms with Crippen molar-refractivity contribution in [2.75, 3.05) is 0 Å². The Balaban J connectivity index is 1.51. The summed E-state index contributed by atoms with van der Waals surface area (Å²) < 4.78 is 28.2. The number of nitrogens with zero attached hydrogens (tertiary/aromatic N) is 1. The van der Waals surface area contributed by atoms with Crippen molar-refractivity contribution < 1.29 is 13.2 Å². The van der Waals surface area contributed by atoms with Gasteiger partial charge in [-0.1, -0.05) is 23.7 Å². The summed E-state index contributed by atoms with van der Waals surface area (Å²) in [4.78, 5) is 12.1. The number of benzene rings is 1. The molecule has 0 aliphatic heterocycles. The number of nitrogens with one attached hydrogen (secondary N) is 1. The summed E-state index contributed by atoms with van der Waals surface area (Å²) >= 11 is 6.99. The first-order valence-corrected chi connectivity index (χ1v) is 11.2. The minimum Gasteiger partial charge on any atom is -0.349 e. The smallest absolute Gasteiger partial charge is 0.253 e. The number of sulfonamides is 1. The zero-order valence-corrected chi connectivity index (χ0v) is 16.4. The minimum absolute atomic E-state index is 0.0405. The van der Waals surface area contributed by atoms with Crippen LogP contribution in [0.15, 0.2) is 40.6 Å². The summed E-state index contributed by atoms with van der Waals surface area (Å²) in [5, 5.41) is 2.95. The maximum Gasteiger partial charge on any atom is 0.253 e. The Kier molecular flexibility index (Phi) is 4.81. The Morgan fingerprint density at radius 3 is 2.35 bits per heavy atom. The molecule has 0 radical (unpaired) electrons. The molecule has 0 bridgehead atoms. The summed E-state index contributed by atoms with van der Waals surface area (Å²) in [7, 11) is -3.56. The van der Waals surface area contributed by atoms with Crippen LogP contribution in [0, 0.1) is 0 Å². The van der Waals surface area contributed by atoms with Gasteiger partial charge >= 0.3 is 0 Å². The van der Waals surface area contributed by atoms with Gasteiger partial charge in [-0.3, -0.25) is 4.79 Å². The van der Waals surface area contributed by atoms with Crippen LogP contribution in [0.4, 0.5) is 0 Å². The van der Waals surface area contributed by atoms with Crippen molar-refractivity contribution >= 4 is 38.9 Å². The quantitative estimate of drug-likeness (QED) is 0.757. The number of rotatable bonds is 7. The zero-order valence-electron chi connectivity index (χ0n) is 14.0. The van der Waals surface area contributed by atoms with E-state index in [-0.39, 0.29) is 16.2 Å². The molecule has 2 aliphatic carbocycles. The van der Waals surface area contributed by atoms with Crippen LogP contribution in [0.3, 0.4) is 0 Å². The highest BCUT2D eigenvalue weighted by atomic mass is 35.5. The van der Waals surface area contributed by atoms with Crippen molar-refractivity contribution in [2.45, 2.75) is 48.5 Å². The highest BCUT2D eigenvalue weighted by Gasteiger charge is 2.38. The van der Waals surface area contributed by atoms with Crippen molar-refractivity contribution in [3.63, 3.8) is 0 Å². The van der Waals surface area contributed by atoms with Crippen molar-refractivity contribution in [1.82, 2.24) is 9.62 Å². The van der Waals surface area contributed by atoms with E-state index in [0.717, 1.165) is 42.6 Å². The molecule has 0 saturated heterocycles. The third-order valence-electron chi connectivity index (χ3n) is 4.53. The van der Waals surface area contributed by atoms with E-state index in [1.54, 1.807) is 28.6 Å². The fraction of sp³-hybridized carbons (Fsp3) is 0.389. The van der Waals surface area contributed by atoms with Gasteiger partial charge in [0.05, 0.1) is 4.34 Å². The van der Waals surface area contributed by atoms with Gasteiger partial charge in [0.2, 0.25) is 0 Å². The summed E-state index contributed by atoms with van der Waals surface area (Å²) in [5.74, 6) is -0.0704. The summed E-state index contributed by atoms with van der Waals surface area (Å²) in [5.41, 5.74) is 1.47. The Morgan fingerprint density at radius 2 is 1.81 bits per heavy atom. The molecule has 1 N–H and O–H groups in total. The van der Waals surface area contributed by atoms with Crippen LogP contribution in [0.25, 0.3) is 0 Å². The predicted octanol–water partition coefficient (Wildman–Crippen LogP) is 3.65. The lowest BCUT2D eigenvalue weighted by atomic mass is 10.1. The first-order valence-electron chi connectivity index (χ1n) is 8.60. The standard InChI is InChI=1S/C18H19ClN2O3S2/c19-16-9-10-17(25-16)26(23,24)21(15-7-8-15)11-12-1-3-13(4-2-12)18(22)20-14-5-6-14/h1-4,9-10,14-15H,5-8,11H2,(H,20,22). The Hall–Kier alpha value is -1.41. The van der Waals surface area contributed by atoms with Crippen LogP contribution in [0.2, 0.25) is 4.34 Å². The fourth-order valence-electron chi connectivity index (χ4n) is 2.76. The van der Waals surface area contributed by atoms with Crippen molar-refractivity contribution in [3.8, 4) is 0 Å². The molecular weight excluding hydrogens is 392 g/mol. The number of carbonyl (C=O) groups excluding carboxylic acids is 1. The third kappa shape index (κ3) is 3.96. The van der Waals surface area contributed by atoms with Gasteiger partial charge < -0.3 is 5.32 Å². The number of halogens is 1. The van der Waals surface area contributed by atoms with Crippen LogP contribution >= 0.6 is 22.9 Å². The summed E-state index contributed by atoms with van der Waals surface area (Å²) in [6, 6.07) is 10.7. The maximum absolute atomic E-state index is 12.9. The molecule has 138 valence electrons. The van der Waals surface area contributed by atoms with E-state index in [4.69, 9.17) is 11.6 Å². The molecule has 4 rings (SSSR count). The molecule has 0 spiro atoms. The highest BCUT2D eigenvalue weighted by Crippen LogP contribution is 2.36. The maximum atomic E-state index is 12.9. The van der Waals surface area contributed by atoms with Crippen LogP contribution in [0.5, 0.6) is 0 Å². The molecule has 26 heavy (non-hydrogen) atoms. The fourth-order valence-corrected chi connectivity index (χ4v) is 6.05. The van der Waals surface area contributed by atoms with Crippen molar-refractivity contribution in [3.05, 3.63) is 51.9 Å². The summed E-state index contributed by atoms with van der Waals surface area (Å²) in [6.07, 6.45) is 3.84. The van der Waals surface area contributed by atoms with Crippen LogP contribution < -0.4 is 5.32 Å². The van der Waals surface area contributed by atoms with Gasteiger partial charge in [-0.15, -0.1) is 11.3 Å². The van der Waals surface area contributed by atoms with E-state index in [2.05, 4.69) is 5.32 Å². The van der Waals surface area contributed by atoms with E-state index in [1.165, 1.54) is 0 Å². The second kappa shape index (κ2) is 6.96. The van der Waals surface area contributed by atoms with E-state index in [0.29, 0.717) is 22.5 Å². The monoisotopic (exact) mass is 410 g/mol. The molecule has 8 heteroatoms. The van der Waals surface area contributed by atoms with Crippen molar-refractivity contribution in [2.24, 2.45) is 0 Å². The molecule has 2 aliphatic rings. The zero-order chi connectivity index (χ0) is 18.3. The number of hydrogen-bond acceptors (Lipinski definition) is 4. The van der Waals surface area contributed by atoms with E-state index in [9.17, 15) is 13.2 Å². The Morgan fingerprint density at radius 1 is 1.12 bits per heavy atom. The van der Waals surface area contributed by atoms with Gasteiger partial charge in [0, 0.05) is 24.2 Å². The van der Waals surface area contributed by atoms with E-state index < -0.39 is 10.0 Å². The van der Waals surface area contributed by atoms with Crippen LogP contribution in [-0.2, 0) is 16.6 Å². The Bertz CT molecular complexity index is 916. The first kappa shape index (κ1) is 18.0. The van der Waals surface area contributed by atoms with Crippen molar-refractivity contribution in [1.29, 1.82) is 0 Å². The van der Waals surface area contributed by atoms with Crippen LogP contribution in [-0.4, -0.2) is 30.7 Å². The molecule has 5 nitrogen and oxygen atoms in total. The molecule has 2 aromatic rings. The van der Waals surface area contributed by atoms with Gasteiger partial charge in [0.15, 0.2) is 0 Å². The lowest BCUT2D eigenvalue weighted by Gasteiger charge is -2.21. The van der Waals surface area contributed by atoms with Gasteiger partial charge in [0.25, 0.3) is 15.9 Å². The molecule has 1 heterocycles. The van der Waals surface area contributed by atoms with E-state index >= 15 is 0 Å². The molecule has 1 amide bonds. The van der Waals surface area contributed by atoms with Gasteiger partial charge in [-0.2, -0.15) is 4.31 Å². The minimum atomic E-state index is -3.56. The predicted molar refractivity (Wildman–Crippen MR) is 102 cm³/mol. The SMILES string of the molecule is O=C(NC1CC1)c1ccc(CN(C2CC2)S(=O)(=O)c2ccc(Cl)s2)cc1. The lowest BCUT2D eigenvalue weighted by Crippen LogP contribution is -2.32. The average molecular weight is 411 g/mol. The molecule has 0 unspecified atom stereocenters. The molecule has 1 aromatic heterocycles. The van der Waals surface area contributed by atoms with Gasteiger partial charge in [0.1, 0.15) is 4.21 Å². The number of hydrogen-bond donors (Lipinski definition) is 1.